The monoisotopic (exact) mass is 262 g/mol. The van der Waals surface area contributed by atoms with Gasteiger partial charge >= 0.3 is 0 Å². The van der Waals surface area contributed by atoms with Crippen LogP contribution in [0.4, 0.5) is 0 Å². The lowest BCUT2D eigenvalue weighted by atomic mass is 10.1. The van der Waals surface area contributed by atoms with Crippen LogP contribution in [0, 0.1) is 0 Å². The minimum atomic E-state index is 0.159. The van der Waals surface area contributed by atoms with Crippen LogP contribution in [0.15, 0.2) is 23.2 Å². The second-order valence-corrected chi connectivity index (χ2v) is 4.84. The van der Waals surface area contributed by atoms with E-state index in [1.165, 1.54) is 32.4 Å². The number of likely N-dealkylation sites (tertiary alicyclic amines) is 1. The third-order valence-electron chi connectivity index (χ3n) is 3.47. The average molecular weight is 262 g/mol. The summed E-state index contributed by atoms with van der Waals surface area (Å²) in [5, 5.41) is 9.91. The molecule has 0 atom stereocenters. The normalized spacial score (nSPS) is 16.9. The molecule has 1 aliphatic rings. The number of phenols is 1. The molecule has 4 nitrogen and oxygen atoms in total. The van der Waals surface area contributed by atoms with Crippen molar-refractivity contribution in [1.82, 2.24) is 4.90 Å². The van der Waals surface area contributed by atoms with E-state index in [4.69, 9.17) is 4.74 Å². The van der Waals surface area contributed by atoms with Crippen LogP contribution in [0.5, 0.6) is 11.5 Å². The van der Waals surface area contributed by atoms with Crippen LogP contribution >= 0.6 is 0 Å². The Morgan fingerprint density at radius 2 is 2.11 bits per heavy atom. The molecule has 4 heteroatoms. The molecular formula is C15H22N2O2. The number of aromatic hydroxyl groups is 1. The number of para-hydroxylation sites is 1. The second kappa shape index (κ2) is 7.14. The molecule has 1 aromatic rings. The lowest BCUT2D eigenvalue weighted by Gasteiger charge is -2.25. The number of nitrogens with zero attached hydrogens (tertiary/aromatic N) is 2. The highest BCUT2D eigenvalue weighted by atomic mass is 16.5. The first kappa shape index (κ1) is 13.9. The summed E-state index contributed by atoms with van der Waals surface area (Å²) in [6.45, 7) is 4.16. The number of piperidine rings is 1. The Bertz CT molecular complexity index is 426. The average Bonchev–Trinajstić information content (AvgIpc) is 2.46. The van der Waals surface area contributed by atoms with E-state index in [2.05, 4.69) is 9.89 Å². The zero-order chi connectivity index (χ0) is 13.5. The number of aliphatic imine (C=N–C) groups is 1. The Morgan fingerprint density at radius 1 is 1.32 bits per heavy atom. The summed E-state index contributed by atoms with van der Waals surface area (Å²) in [4.78, 5) is 6.84. The van der Waals surface area contributed by atoms with Gasteiger partial charge in [0.05, 0.1) is 13.7 Å². The van der Waals surface area contributed by atoms with E-state index >= 15 is 0 Å². The van der Waals surface area contributed by atoms with Gasteiger partial charge in [0.25, 0.3) is 0 Å². The van der Waals surface area contributed by atoms with Crippen molar-refractivity contribution in [2.24, 2.45) is 4.99 Å². The van der Waals surface area contributed by atoms with Gasteiger partial charge in [0, 0.05) is 18.3 Å². The van der Waals surface area contributed by atoms with Gasteiger partial charge in [-0.15, -0.1) is 0 Å². The van der Waals surface area contributed by atoms with Gasteiger partial charge in [0.2, 0.25) is 0 Å². The predicted octanol–water partition coefficient (Wildman–Crippen LogP) is 2.31. The molecule has 0 aliphatic carbocycles. The standard InChI is InChI=1S/C15H22N2O2/c1-19-14-7-5-6-13(15(14)18)12-16-8-11-17-9-3-2-4-10-17/h5-7,12,18H,2-4,8-11H2,1H3. The van der Waals surface area contributed by atoms with E-state index in [-0.39, 0.29) is 5.75 Å². The molecule has 1 aromatic carbocycles. The first-order valence-electron chi connectivity index (χ1n) is 6.89. The lowest BCUT2D eigenvalue weighted by Crippen LogP contribution is -2.31. The van der Waals surface area contributed by atoms with Crippen LogP contribution in [0.1, 0.15) is 24.8 Å². The molecule has 1 heterocycles. The van der Waals surface area contributed by atoms with Crippen LogP contribution in [0.25, 0.3) is 0 Å². The Kier molecular flexibility index (Phi) is 5.21. The quantitative estimate of drug-likeness (QED) is 0.828. The van der Waals surface area contributed by atoms with Gasteiger partial charge in [-0.25, -0.2) is 0 Å². The fraction of sp³-hybridized carbons (Fsp3) is 0.533. The van der Waals surface area contributed by atoms with E-state index in [1.54, 1.807) is 19.4 Å². The summed E-state index contributed by atoms with van der Waals surface area (Å²) in [5.41, 5.74) is 0.706. The maximum atomic E-state index is 9.91. The van der Waals surface area contributed by atoms with Crippen molar-refractivity contribution in [1.29, 1.82) is 0 Å². The van der Waals surface area contributed by atoms with E-state index in [1.807, 2.05) is 12.1 Å². The summed E-state index contributed by atoms with van der Waals surface area (Å²) >= 11 is 0. The molecule has 1 N–H and O–H groups in total. The summed E-state index contributed by atoms with van der Waals surface area (Å²) in [6, 6.07) is 5.42. The lowest BCUT2D eigenvalue weighted by molar-refractivity contribution is 0.235. The third kappa shape index (κ3) is 3.96. The number of hydrogen-bond acceptors (Lipinski definition) is 4. The minimum Gasteiger partial charge on any atom is -0.504 e. The molecule has 0 unspecified atom stereocenters. The number of hydrogen-bond donors (Lipinski definition) is 1. The molecule has 19 heavy (non-hydrogen) atoms. The zero-order valence-corrected chi connectivity index (χ0v) is 11.5. The van der Waals surface area contributed by atoms with E-state index in [0.29, 0.717) is 11.3 Å². The molecule has 1 fully saturated rings. The van der Waals surface area contributed by atoms with Crippen molar-refractivity contribution < 1.29 is 9.84 Å². The number of methoxy groups -OCH3 is 1. The Balaban J connectivity index is 1.84. The van der Waals surface area contributed by atoms with Gasteiger partial charge in [-0.05, 0) is 38.1 Å². The summed E-state index contributed by atoms with van der Waals surface area (Å²) in [6.07, 6.45) is 5.69. The van der Waals surface area contributed by atoms with Gasteiger partial charge in [-0.3, -0.25) is 4.99 Å². The highest BCUT2D eigenvalue weighted by molar-refractivity contribution is 5.84. The van der Waals surface area contributed by atoms with E-state index in [9.17, 15) is 5.11 Å². The molecule has 1 saturated heterocycles. The van der Waals surface area contributed by atoms with Crippen molar-refractivity contribution in [2.45, 2.75) is 19.3 Å². The predicted molar refractivity (Wildman–Crippen MR) is 77.4 cm³/mol. The molecular weight excluding hydrogens is 240 g/mol. The summed E-state index contributed by atoms with van der Waals surface area (Å²) in [7, 11) is 1.55. The molecule has 0 bridgehead atoms. The molecule has 1 aliphatic heterocycles. The summed E-state index contributed by atoms with van der Waals surface area (Å²) < 4.78 is 5.07. The van der Waals surface area contributed by atoms with E-state index < -0.39 is 0 Å². The molecule has 0 amide bonds. The van der Waals surface area contributed by atoms with Crippen molar-refractivity contribution in [3.63, 3.8) is 0 Å². The third-order valence-corrected chi connectivity index (χ3v) is 3.47. The van der Waals surface area contributed by atoms with Gasteiger partial charge in [0.1, 0.15) is 0 Å². The van der Waals surface area contributed by atoms with Crippen LogP contribution in [-0.2, 0) is 0 Å². The second-order valence-electron chi connectivity index (χ2n) is 4.84. The van der Waals surface area contributed by atoms with Crippen LogP contribution in [0.3, 0.4) is 0 Å². The largest absolute Gasteiger partial charge is 0.504 e. The van der Waals surface area contributed by atoms with Gasteiger partial charge in [-0.1, -0.05) is 12.5 Å². The van der Waals surface area contributed by atoms with Crippen molar-refractivity contribution >= 4 is 6.21 Å². The molecule has 0 spiro atoms. The molecule has 0 radical (unpaired) electrons. The fourth-order valence-corrected chi connectivity index (χ4v) is 2.35. The number of ether oxygens (including phenoxy) is 1. The molecule has 104 valence electrons. The highest BCUT2D eigenvalue weighted by Gasteiger charge is 2.08. The maximum absolute atomic E-state index is 9.91. The smallest absolute Gasteiger partial charge is 0.166 e. The number of phenolic OH excluding ortho intramolecular Hbond substituents is 1. The number of rotatable bonds is 5. The minimum absolute atomic E-state index is 0.159. The first-order valence-corrected chi connectivity index (χ1v) is 6.89. The number of benzene rings is 1. The van der Waals surface area contributed by atoms with E-state index in [0.717, 1.165) is 13.1 Å². The molecule has 0 saturated carbocycles. The van der Waals surface area contributed by atoms with Gasteiger partial charge < -0.3 is 14.7 Å². The topological polar surface area (TPSA) is 45.1 Å². The fourth-order valence-electron chi connectivity index (χ4n) is 2.35. The molecule has 2 rings (SSSR count). The first-order chi connectivity index (χ1) is 9.31. The van der Waals surface area contributed by atoms with Gasteiger partial charge in [0.15, 0.2) is 11.5 Å². The van der Waals surface area contributed by atoms with Crippen molar-refractivity contribution in [3.8, 4) is 11.5 Å². The zero-order valence-electron chi connectivity index (χ0n) is 11.5. The maximum Gasteiger partial charge on any atom is 0.166 e. The van der Waals surface area contributed by atoms with Gasteiger partial charge in [-0.2, -0.15) is 0 Å². The molecule has 0 aromatic heterocycles. The Labute approximate surface area is 114 Å². The van der Waals surface area contributed by atoms with Crippen molar-refractivity contribution in [3.05, 3.63) is 23.8 Å². The summed E-state index contributed by atoms with van der Waals surface area (Å²) in [5.74, 6) is 0.645. The Hall–Kier alpha value is -1.55. The van der Waals surface area contributed by atoms with Crippen molar-refractivity contribution in [2.75, 3.05) is 33.3 Å². The van der Waals surface area contributed by atoms with Crippen LogP contribution in [-0.4, -0.2) is 49.5 Å². The van der Waals surface area contributed by atoms with Crippen LogP contribution in [0.2, 0.25) is 0 Å². The SMILES string of the molecule is COc1cccc(C=NCCN2CCCCC2)c1O. The van der Waals surface area contributed by atoms with Crippen LogP contribution < -0.4 is 4.74 Å². The highest BCUT2D eigenvalue weighted by Crippen LogP contribution is 2.27. The Morgan fingerprint density at radius 3 is 2.84 bits per heavy atom.